The molecule has 0 aliphatic carbocycles. The van der Waals surface area contributed by atoms with E-state index in [0.29, 0.717) is 30.8 Å². The highest BCUT2D eigenvalue weighted by Gasteiger charge is 2.34. The SMILES string of the molecule is Cc1ccc(S(=O)(=O)N2CCCC(C(=O)Nc3c(C)n(C)n(-c4ccccc4)c3=O)C2)cc1. The number of carbonyl (C=O) groups is 1. The third kappa shape index (κ3) is 4.38. The third-order valence-electron chi connectivity index (χ3n) is 6.22. The van der Waals surface area contributed by atoms with Gasteiger partial charge in [-0.1, -0.05) is 35.9 Å². The van der Waals surface area contributed by atoms with Gasteiger partial charge in [-0.05, 0) is 51.0 Å². The first-order chi connectivity index (χ1) is 15.7. The van der Waals surface area contributed by atoms with Crippen LogP contribution in [-0.4, -0.2) is 41.1 Å². The number of para-hydroxylation sites is 1. The van der Waals surface area contributed by atoms with Crippen molar-refractivity contribution < 1.29 is 13.2 Å². The number of aromatic nitrogens is 2. The Bertz CT molecular complexity index is 1330. The molecule has 9 heteroatoms. The average Bonchev–Trinajstić information content (AvgIpc) is 3.03. The van der Waals surface area contributed by atoms with Crippen LogP contribution >= 0.6 is 0 Å². The summed E-state index contributed by atoms with van der Waals surface area (Å²) in [6.45, 7) is 4.12. The van der Waals surface area contributed by atoms with E-state index in [2.05, 4.69) is 5.32 Å². The fraction of sp³-hybridized carbons (Fsp3) is 0.333. The maximum atomic E-state index is 13.1. The molecule has 0 spiro atoms. The lowest BCUT2D eigenvalue weighted by Crippen LogP contribution is -2.44. The minimum absolute atomic E-state index is 0.0841. The highest BCUT2D eigenvalue weighted by atomic mass is 32.2. The number of anilines is 1. The topological polar surface area (TPSA) is 93.4 Å². The molecule has 3 aromatic rings. The van der Waals surface area contributed by atoms with Crippen LogP contribution in [0.1, 0.15) is 24.1 Å². The van der Waals surface area contributed by atoms with Gasteiger partial charge < -0.3 is 5.32 Å². The van der Waals surface area contributed by atoms with Gasteiger partial charge in [-0.3, -0.25) is 14.3 Å². The largest absolute Gasteiger partial charge is 0.320 e. The first-order valence-electron chi connectivity index (χ1n) is 10.9. The molecule has 2 heterocycles. The van der Waals surface area contributed by atoms with Gasteiger partial charge in [0.1, 0.15) is 5.69 Å². The van der Waals surface area contributed by atoms with Gasteiger partial charge >= 0.3 is 0 Å². The van der Waals surface area contributed by atoms with Crippen LogP contribution in [0.25, 0.3) is 5.69 Å². The molecule has 1 amide bonds. The van der Waals surface area contributed by atoms with Crippen LogP contribution in [0.3, 0.4) is 0 Å². The first-order valence-corrected chi connectivity index (χ1v) is 12.4. The molecule has 174 valence electrons. The second-order valence-corrected chi connectivity index (χ2v) is 10.4. The zero-order valence-electron chi connectivity index (χ0n) is 19.0. The van der Waals surface area contributed by atoms with Crippen molar-refractivity contribution in [1.29, 1.82) is 0 Å². The van der Waals surface area contributed by atoms with Gasteiger partial charge in [0.05, 0.1) is 22.2 Å². The predicted molar refractivity (Wildman–Crippen MR) is 127 cm³/mol. The van der Waals surface area contributed by atoms with Crippen LogP contribution < -0.4 is 10.9 Å². The summed E-state index contributed by atoms with van der Waals surface area (Å²) in [6, 6.07) is 15.9. The van der Waals surface area contributed by atoms with E-state index in [4.69, 9.17) is 0 Å². The summed E-state index contributed by atoms with van der Waals surface area (Å²) in [6.07, 6.45) is 1.13. The molecule has 33 heavy (non-hydrogen) atoms. The quantitative estimate of drug-likeness (QED) is 0.623. The minimum atomic E-state index is -3.69. The molecule has 8 nitrogen and oxygen atoms in total. The summed E-state index contributed by atoms with van der Waals surface area (Å²) >= 11 is 0. The van der Waals surface area contributed by atoms with E-state index >= 15 is 0 Å². The Balaban J connectivity index is 1.55. The second kappa shape index (κ2) is 8.99. The van der Waals surface area contributed by atoms with Crippen molar-refractivity contribution >= 4 is 21.6 Å². The Labute approximate surface area is 193 Å². The Hall–Kier alpha value is -3.17. The molecule has 0 bridgehead atoms. The van der Waals surface area contributed by atoms with Gasteiger partial charge in [-0.2, -0.15) is 4.31 Å². The van der Waals surface area contributed by atoms with Gasteiger partial charge in [-0.15, -0.1) is 0 Å². The number of benzene rings is 2. The molecular weight excluding hydrogens is 440 g/mol. The van der Waals surface area contributed by atoms with Gasteiger partial charge in [0.2, 0.25) is 15.9 Å². The number of nitrogens with one attached hydrogen (secondary N) is 1. The summed E-state index contributed by atoms with van der Waals surface area (Å²) in [5.41, 5.74) is 2.18. The summed E-state index contributed by atoms with van der Waals surface area (Å²) < 4.78 is 30.7. The van der Waals surface area contributed by atoms with Crippen LogP contribution in [-0.2, 0) is 21.9 Å². The van der Waals surface area contributed by atoms with E-state index in [1.54, 1.807) is 42.9 Å². The monoisotopic (exact) mass is 468 g/mol. The van der Waals surface area contributed by atoms with Crippen molar-refractivity contribution in [2.24, 2.45) is 13.0 Å². The molecule has 0 radical (unpaired) electrons. The number of hydrogen-bond donors (Lipinski definition) is 1. The van der Waals surface area contributed by atoms with Crippen molar-refractivity contribution in [3.8, 4) is 5.69 Å². The van der Waals surface area contributed by atoms with Crippen molar-refractivity contribution in [3.63, 3.8) is 0 Å². The summed E-state index contributed by atoms with van der Waals surface area (Å²) in [4.78, 5) is 26.4. The molecule has 1 atom stereocenters. The summed E-state index contributed by atoms with van der Waals surface area (Å²) in [7, 11) is -1.93. The number of sulfonamides is 1. The summed E-state index contributed by atoms with van der Waals surface area (Å²) in [5.74, 6) is -0.882. The molecule has 1 saturated heterocycles. The Morgan fingerprint density at radius 2 is 1.70 bits per heavy atom. The van der Waals surface area contributed by atoms with E-state index in [9.17, 15) is 18.0 Å². The van der Waals surface area contributed by atoms with E-state index in [0.717, 1.165) is 5.56 Å². The molecule has 0 saturated carbocycles. The smallest absolute Gasteiger partial charge is 0.295 e. The van der Waals surface area contributed by atoms with Crippen molar-refractivity contribution in [2.75, 3.05) is 18.4 Å². The second-order valence-electron chi connectivity index (χ2n) is 8.44. The number of amides is 1. The maximum absolute atomic E-state index is 13.1. The molecule has 1 unspecified atom stereocenters. The number of piperidine rings is 1. The van der Waals surface area contributed by atoms with Crippen molar-refractivity contribution in [2.45, 2.75) is 31.6 Å². The third-order valence-corrected chi connectivity index (χ3v) is 8.10. The van der Waals surface area contributed by atoms with Gasteiger partial charge in [0.15, 0.2) is 0 Å². The van der Waals surface area contributed by atoms with Crippen molar-refractivity contribution in [1.82, 2.24) is 13.7 Å². The fourth-order valence-corrected chi connectivity index (χ4v) is 5.70. The molecular formula is C24H28N4O4S. The molecule has 1 aliphatic heterocycles. The highest BCUT2D eigenvalue weighted by molar-refractivity contribution is 7.89. The lowest BCUT2D eigenvalue weighted by atomic mass is 9.99. The minimum Gasteiger partial charge on any atom is -0.320 e. The zero-order valence-corrected chi connectivity index (χ0v) is 19.8. The number of rotatable bonds is 5. The molecule has 1 fully saturated rings. The lowest BCUT2D eigenvalue weighted by molar-refractivity contribution is -0.120. The van der Waals surface area contributed by atoms with Crippen LogP contribution in [0.2, 0.25) is 0 Å². The van der Waals surface area contributed by atoms with Gasteiger partial charge in [-0.25, -0.2) is 13.1 Å². The fourth-order valence-electron chi connectivity index (χ4n) is 4.17. The molecule has 1 aromatic heterocycles. The van der Waals surface area contributed by atoms with Crippen LogP contribution in [0.5, 0.6) is 0 Å². The highest BCUT2D eigenvalue weighted by Crippen LogP contribution is 2.25. The lowest BCUT2D eigenvalue weighted by Gasteiger charge is -2.31. The molecule has 1 N–H and O–H groups in total. The number of nitrogens with zero attached hydrogens (tertiary/aromatic N) is 3. The molecule has 4 rings (SSSR count). The molecule has 2 aromatic carbocycles. The van der Waals surface area contributed by atoms with E-state index in [1.165, 1.54) is 8.99 Å². The van der Waals surface area contributed by atoms with Crippen LogP contribution in [0, 0.1) is 19.8 Å². The van der Waals surface area contributed by atoms with Crippen LogP contribution in [0.15, 0.2) is 64.3 Å². The predicted octanol–water partition coefficient (Wildman–Crippen LogP) is 2.83. The molecule has 1 aliphatic rings. The van der Waals surface area contributed by atoms with E-state index < -0.39 is 15.9 Å². The van der Waals surface area contributed by atoms with Gasteiger partial charge in [0, 0.05) is 20.1 Å². The van der Waals surface area contributed by atoms with E-state index in [1.807, 2.05) is 37.3 Å². The standard InChI is InChI=1S/C24H28N4O4S/c1-17-11-13-21(14-12-17)33(31,32)27-15-7-8-19(16-27)23(29)25-22-18(2)26(3)28(24(22)30)20-9-5-4-6-10-20/h4-6,9-14,19H,7-8,15-16H2,1-3H3,(H,25,29). The van der Waals surface area contributed by atoms with Crippen LogP contribution in [0.4, 0.5) is 5.69 Å². The Kier molecular flexibility index (Phi) is 6.27. The van der Waals surface area contributed by atoms with Gasteiger partial charge in [0.25, 0.3) is 5.56 Å². The Morgan fingerprint density at radius 3 is 2.36 bits per heavy atom. The van der Waals surface area contributed by atoms with E-state index in [-0.39, 0.29) is 28.6 Å². The maximum Gasteiger partial charge on any atom is 0.295 e. The summed E-state index contributed by atoms with van der Waals surface area (Å²) in [5, 5.41) is 2.78. The average molecular weight is 469 g/mol. The number of hydrogen-bond acceptors (Lipinski definition) is 4. The Morgan fingerprint density at radius 1 is 1.03 bits per heavy atom. The number of aryl methyl sites for hydroxylation is 1. The number of carbonyl (C=O) groups excluding carboxylic acids is 1. The first kappa shape index (κ1) is 23.0. The zero-order chi connectivity index (χ0) is 23.8. The van der Waals surface area contributed by atoms with Crippen molar-refractivity contribution in [3.05, 3.63) is 76.2 Å². The normalized spacial score (nSPS) is 17.1.